The van der Waals surface area contributed by atoms with Crippen molar-refractivity contribution in [1.29, 1.82) is 0 Å². The highest BCUT2D eigenvalue weighted by atomic mass is 16.3. The summed E-state index contributed by atoms with van der Waals surface area (Å²) in [5.74, 6) is 0. The molecule has 0 unspecified atom stereocenters. The zero-order chi connectivity index (χ0) is 10.3. The smallest absolute Gasteiger partial charge is 0.331 e. The van der Waals surface area contributed by atoms with E-state index >= 15 is 0 Å². The molecule has 74 valence electrons. The summed E-state index contributed by atoms with van der Waals surface area (Å²) in [6.07, 6.45) is 0. The van der Waals surface area contributed by atoms with E-state index in [1.54, 1.807) is 0 Å². The summed E-state index contributed by atoms with van der Waals surface area (Å²) >= 11 is 0. The first-order valence-corrected chi connectivity index (χ1v) is 3.69. The van der Waals surface area contributed by atoms with Gasteiger partial charge < -0.3 is 5.11 Å². The SMILES string of the molecule is O=c1[nH]c2c(=O)[nH]c(=O)n(CO)c2[nH]1. The lowest BCUT2D eigenvalue weighted by Crippen LogP contribution is -2.30. The van der Waals surface area contributed by atoms with Gasteiger partial charge in [-0.05, 0) is 0 Å². The van der Waals surface area contributed by atoms with E-state index in [0.29, 0.717) is 0 Å². The van der Waals surface area contributed by atoms with Crippen LogP contribution in [0.1, 0.15) is 0 Å². The van der Waals surface area contributed by atoms with E-state index in [-0.39, 0.29) is 11.2 Å². The van der Waals surface area contributed by atoms with Gasteiger partial charge >= 0.3 is 11.4 Å². The lowest BCUT2D eigenvalue weighted by molar-refractivity contribution is 0.208. The van der Waals surface area contributed by atoms with Crippen molar-refractivity contribution in [1.82, 2.24) is 19.5 Å². The van der Waals surface area contributed by atoms with E-state index in [2.05, 4.69) is 9.97 Å². The lowest BCUT2D eigenvalue weighted by Gasteiger charge is -1.99. The topological polar surface area (TPSA) is 124 Å². The van der Waals surface area contributed by atoms with E-state index in [4.69, 9.17) is 5.11 Å². The molecule has 8 nitrogen and oxygen atoms in total. The molecule has 0 radical (unpaired) electrons. The van der Waals surface area contributed by atoms with Gasteiger partial charge in [0.1, 0.15) is 12.4 Å². The van der Waals surface area contributed by atoms with E-state index in [0.717, 1.165) is 4.57 Å². The minimum Gasteiger partial charge on any atom is -0.376 e. The molecule has 0 fully saturated rings. The van der Waals surface area contributed by atoms with Crippen LogP contribution in [0.5, 0.6) is 0 Å². The maximum atomic E-state index is 11.1. The largest absolute Gasteiger partial charge is 0.376 e. The summed E-state index contributed by atoms with van der Waals surface area (Å²) in [4.78, 5) is 39.5. The molecule has 0 aliphatic heterocycles. The Morgan fingerprint density at radius 1 is 1.14 bits per heavy atom. The number of imidazole rings is 1. The van der Waals surface area contributed by atoms with Crippen LogP contribution in [0.3, 0.4) is 0 Å². The third-order valence-corrected chi connectivity index (χ3v) is 1.81. The second kappa shape index (κ2) is 2.70. The molecule has 0 aromatic carbocycles. The molecule has 0 amide bonds. The first-order chi connectivity index (χ1) is 6.63. The predicted molar refractivity (Wildman–Crippen MR) is 46.0 cm³/mol. The molecule has 0 saturated carbocycles. The van der Waals surface area contributed by atoms with Gasteiger partial charge in [0.15, 0.2) is 5.52 Å². The third-order valence-electron chi connectivity index (χ3n) is 1.81. The number of aromatic amines is 3. The van der Waals surface area contributed by atoms with Crippen molar-refractivity contribution in [2.24, 2.45) is 0 Å². The molecular formula is C6H6N4O4. The lowest BCUT2D eigenvalue weighted by atomic mass is 10.5. The number of aliphatic hydroxyl groups excluding tert-OH is 1. The fourth-order valence-corrected chi connectivity index (χ4v) is 1.20. The first-order valence-electron chi connectivity index (χ1n) is 3.69. The van der Waals surface area contributed by atoms with Crippen molar-refractivity contribution in [3.8, 4) is 0 Å². The van der Waals surface area contributed by atoms with Crippen LogP contribution in [-0.4, -0.2) is 24.6 Å². The van der Waals surface area contributed by atoms with Gasteiger partial charge in [-0.15, -0.1) is 0 Å². The number of rotatable bonds is 1. The van der Waals surface area contributed by atoms with Crippen molar-refractivity contribution in [3.05, 3.63) is 31.3 Å². The zero-order valence-electron chi connectivity index (χ0n) is 6.83. The van der Waals surface area contributed by atoms with E-state index in [9.17, 15) is 14.4 Å². The van der Waals surface area contributed by atoms with E-state index in [1.165, 1.54) is 0 Å². The number of nitrogens with one attached hydrogen (secondary N) is 3. The molecule has 2 rings (SSSR count). The molecular weight excluding hydrogens is 192 g/mol. The van der Waals surface area contributed by atoms with Crippen molar-refractivity contribution >= 4 is 11.2 Å². The highest BCUT2D eigenvalue weighted by Crippen LogP contribution is 1.95. The number of fused-ring (bicyclic) bond motifs is 1. The second-order valence-corrected chi connectivity index (χ2v) is 2.63. The Balaban J connectivity index is 3.12. The summed E-state index contributed by atoms with van der Waals surface area (Å²) in [5.41, 5.74) is -2.18. The Kier molecular flexibility index (Phi) is 1.64. The summed E-state index contributed by atoms with van der Waals surface area (Å²) < 4.78 is 0.828. The van der Waals surface area contributed by atoms with E-state index in [1.807, 2.05) is 4.98 Å². The molecule has 8 heteroatoms. The summed E-state index contributed by atoms with van der Waals surface area (Å²) in [7, 11) is 0. The van der Waals surface area contributed by atoms with Crippen LogP contribution in [-0.2, 0) is 6.73 Å². The number of hydrogen-bond acceptors (Lipinski definition) is 4. The first kappa shape index (κ1) is 8.51. The average molecular weight is 198 g/mol. The molecule has 0 bridgehead atoms. The van der Waals surface area contributed by atoms with Crippen LogP contribution >= 0.6 is 0 Å². The van der Waals surface area contributed by atoms with Gasteiger partial charge in [-0.25, -0.2) is 9.59 Å². The van der Waals surface area contributed by atoms with Crippen LogP contribution in [0.2, 0.25) is 0 Å². The molecule has 0 spiro atoms. The van der Waals surface area contributed by atoms with Crippen LogP contribution < -0.4 is 16.9 Å². The Bertz CT molecular complexity index is 642. The summed E-state index contributed by atoms with van der Waals surface area (Å²) in [6.45, 7) is -0.625. The summed E-state index contributed by atoms with van der Waals surface area (Å²) in [6, 6.07) is 0. The number of aromatic nitrogens is 4. The fourth-order valence-electron chi connectivity index (χ4n) is 1.20. The van der Waals surface area contributed by atoms with Crippen LogP contribution in [0.25, 0.3) is 11.2 Å². The highest BCUT2D eigenvalue weighted by Gasteiger charge is 2.08. The molecule has 0 aliphatic rings. The van der Waals surface area contributed by atoms with Crippen molar-refractivity contribution in [2.75, 3.05) is 0 Å². The van der Waals surface area contributed by atoms with Crippen molar-refractivity contribution < 1.29 is 5.11 Å². The van der Waals surface area contributed by atoms with E-state index < -0.39 is 23.7 Å². The van der Waals surface area contributed by atoms with Crippen LogP contribution in [0.15, 0.2) is 14.4 Å². The normalized spacial score (nSPS) is 10.9. The van der Waals surface area contributed by atoms with Gasteiger partial charge in [-0.3, -0.25) is 24.3 Å². The Morgan fingerprint density at radius 3 is 2.50 bits per heavy atom. The second-order valence-electron chi connectivity index (χ2n) is 2.63. The predicted octanol–water partition coefficient (Wildman–Crippen LogP) is -2.34. The number of H-pyrrole nitrogens is 3. The maximum absolute atomic E-state index is 11.1. The Hall–Kier alpha value is -2.09. The zero-order valence-corrected chi connectivity index (χ0v) is 6.83. The number of hydrogen-bond donors (Lipinski definition) is 4. The minimum absolute atomic E-state index is 0.0220. The molecule has 2 aromatic heterocycles. The average Bonchev–Trinajstić information content (AvgIpc) is 2.48. The Morgan fingerprint density at radius 2 is 1.86 bits per heavy atom. The number of aliphatic hydroxyl groups is 1. The quantitative estimate of drug-likeness (QED) is 0.409. The van der Waals surface area contributed by atoms with Crippen LogP contribution in [0.4, 0.5) is 0 Å². The minimum atomic E-state index is -0.778. The van der Waals surface area contributed by atoms with Crippen LogP contribution in [0, 0.1) is 0 Å². The standard InChI is InChI=1S/C6H6N4O4/c11-1-10-3-2(7-5(13)8-3)4(12)9-6(10)14/h11H,1H2,(H2,7,8,13)(H,9,12,14). The Labute approximate surface area is 74.8 Å². The highest BCUT2D eigenvalue weighted by molar-refractivity contribution is 5.68. The maximum Gasteiger partial charge on any atom is 0.331 e. The van der Waals surface area contributed by atoms with Gasteiger partial charge in [0, 0.05) is 0 Å². The molecule has 14 heavy (non-hydrogen) atoms. The molecule has 2 heterocycles. The van der Waals surface area contributed by atoms with Gasteiger partial charge in [0.2, 0.25) is 0 Å². The molecule has 2 aromatic rings. The molecule has 0 saturated heterocycles. The summed E-state index contributed by atoms with van der Waals surface area (Å²) in [5, 5.41) is 8.82. The molecule has 4 N–H and O–H groups in total. The number of nitrogens with zero attached hydrogens (tertiary/aromatic N) is 1. The van der Waals surface area contributed by atoms with Crippen molar-refractivity contribution in [2.45, 2.75) is 6.73 Å². The van der Waals surface area contributed by atoms with Gasteiger partial charge in [-0.1, -0.05) is 0 Å². The fraction of sp³-hybridized carbons (Fsp3) is 0.167. The van der Waals surface area contributed by atoms with Gasteiger partial charge in [-0.2, -0.15) is 0 Å². The monoisotopic (exact) mass is 198 g/mol. The van der Waals surface area contributed by atoms with Crippen molar-refractivity contribution in [3.63, 3.8) is 0 Å². The third kappa shape index (κ3) is 1.01. The molecule has 0 aliphatic carbocycles. The van der Waals surface area contributed by atoms with Gasteiger partial charge in [0.25, 0.3) is 5.56 Å². The van der Waals surface area contributed by atoms with Gasteiger partial charge in [0.05, 0.1) is 0 Å². The molecule has 0 atom stereocenters.